The maximum absolute atomic E-state index is 12.5. The van der Waals surface area contributed by atoms with Crippen LogP contribution in [-0.4, -0.2) is 69.8 Å². The molecule has 13 heteroatoms. The summed E-state index contributed by atoms with van der Waals surface area (Å²) in [6.07, 6.45) is 8.32. The number of hydrogen-bond acceptors (Lipinski definition) is 9. The number of carbonyl (C=O) groups excluding carboxylic acids is 1. The molecule has 0 atom stereocenters. The summed E-state index contributed by atoms with van der Waals surface area (Å²) in [5, 5.41) is 12.1. The average Bonchev–Trinajstić information content (AvgIpc) is 3.20. The Kier molecular flexibility index (Phi) is 17.8. The zero-order chi connectivity index (χ0) is 46.6. The smallest absolute Gasteiger partial charge is 0.303 e. The number of piperidine rings is 2. The number of nitrogens with two attached hydrogens (primary N) is 1. The van der Waals surface area contributed by atoms with Gasteiger partial charge in [0.05, 0.1) is 12.4 Å². The molecule has 0 aliphatic carbocycles. The lowest BCUT2D eigenvalue weighted by molar-refractivity contribution is -0.138. The molecule has 63 heavy (non-hydrogen) atoms. The summed E-state index contributed by atoms with van der Waals surface area (Å²) in [7, 11) is -3.63. The number of aliphatic carboxylic acids is 1. The number of aryl methyl sites for hydroxylation is 2. The van der Waals surface area contributed by atoms with Crippen molar-refractivity contribution in [3.8, 4) is 11.5 Å². The molecule has 0 unspecified atom stereocenters. The van der Waals surface area contributed by atoms with Gasteiger partial charge in [0.1, 0.15) is 23.1 Å². The van der Waals surface area contributed by atoms with Crippen molar-refractivity contribution < 1.29 is 23.5 Å². The zero-order valence-corrected chi connectivity index (χ0v) is 42.3. The molecule has 4 aromatic rings. The number of nitrogens with zero attached hydrogens (tertiary/aromatic N) is 4. The minimum absolute atomic E-state index is 0.0411. The predicted molar refractivity (Wildman–Crippen MR) is 266 cm³/mol. The fraction of sp³-hybridized carbons (Fsp3) is 0.520. The molecule has 4 heterocycles. The molecule has 6 rings (SSSR count). The van der Waals surface area contributed by atoms with E-state index in [1.165, 1.54) is 22.5 Å². The first-order valence-electron chi connectivity index (χ1n) is 22.6. The lowest BCUT2D eigenvalue weighted by Crippen LogP contribution is -2.43. The van der Waals surface area contributed by atoms with Crippen molar-refractivity contribution in [3.63, 3.8) is 0 Å². The molecule has 2 aromatic heterocycles. The van der Waals surface area contributed by atoms with Crippen LogP contribution >= 0.6 is 0 Å². The van der Waals surface area contributed by atoms with Gasteiger partial charge in [-0.1, -0.05) is 76.9 Å². The summed E-state index contributed by atoms with van der Waals surface area (Å²) in [5.41, 5.74) is 10.6. The minimum Gasteiger partial charge on any atom is -0.542 e. The third kappa shape index (κ3) is 16.3. The van der Waals surface area contributed by atoms with Crippen LogP contribution in [0, 0.1) is 25.7 Å². The van der Waals surface area contributed by atoms with Crippen LogP contribution in [-0.2, 0) is 9.59 Å². The van der Waals surface area contributed by atoms with Crippen LogP contribution in [0.2, 0.25) is 36.3 Å². The highest BCUT2D eigenvalue weighted by molar-refractivity contribution is 6.75. The molecule has 0 spiro atoms. The second-order valence-electron chi connectivity index (χ2n) is 20.4. The van der Waals surface area contributed by atoms with Crippen LogP contribution in [0.15, 0.2) is 85.2 Å². The van der Waals surface area contributed by atoms with Crippen molar-refractivity contribution in [3.05, 3.63) is 96.3 Å². The summed E-state index contributed by atoms with van der Waals surface area (Å²) >= 11 is 0. The second-order valence-corrected chi connectivity index (χ2v) is 29.9. The van der Waals surface area contributed by atoms with Gasteiger partial charge in [0.25, 0.3) is 16.6 Å². The van der Waals surface area contributed by atoms with Crippen LogP contribution in [0.4, 0.5) is 23.0 Å². The Balaban J connectivity index is 0.000000229. The third-order valence-corrected chi connectivity index (χ3v) is 21.8. The van der Waals surface area contributed by atoms with E-state index in [1.807, 2.05) is 18.2 Å². The predicted octanol–water partition coefficient (Wildman–Crippen LogP) is 11.8. The van der Waals surface area contributed by atoms with E-state index in [9.17, 15) is 9.59 Å². The van der Waals surface area contributed by atoms with Crippen molar-refractivity contribution in [2.45, 2.75) is 130 Å². The van der Waals surface area contributed by atoms with Crippen LogP contribution in [0.25, 0.3) is 0 Å². The fourth-order valence-corrected chi connectivity index (χ4v) is 8.90. The Bertz CT molecular complexity index is 2010. The molecule has 2 aromatic carbocycles. The van der Waals surface area contributed by atoms with E-state index < -0.39 is 22.6 Å². The van der Waals surface area contributed by atoms with E-state index in [0.29, 0.717) is 36.3 Å². The molecule has 2 aliphatic heterocycles. The van der Waals surface area contributed by atoms with Gasteiger partial charge < -0.3 is 34.8 Å². The van der Waals surface area contributed by atoms with Gasteiger partial charge in [0, 0.05) is 50.4 Å². The minimum atomic E-state index is -1.89. The number of anilines is 4. The topological polar surface area (TPSA) is 143 Å². The first-order chi connectivity index (χ1) is 29.4. The quantitative estimate of drug-likeness (QED) is 0.125. The molecule has 2 fully saturated rings. The first-order valence-corrected chi connectivity index (χ1v) is 28.4. The summed E-state index contributed by atoms with van der Waals surface area (Å²) in [6.45, 7) is 30.3. The van der Waals surface area contributed by atoms with Gasteiger partial charge in [-0.15, -0.1) is 0 Å². The van der Waals surface area contributed by atoms with Crippen LogP contribution < -0.4 is 29.7 Å². The fourth-order valence-electron chi connectivity index (χ4n) is 6.87. The molecular formula is C50H76N6O5Si2. The highest BCUT2D eigenvalue weighted by atomic mass is 28.4. The van der Waals surface area contributed by atoms with Gasteiger partial charge in [0.15, 0.2) is 0 Å². The van der Waals surface area contributed by atoms with Crippen molar-refractivity contribution in [2.75, 3.05) is 47.0 Å². The number of aromatic nitrogens is 2. The number of pyridine rings is 2. The van der Waals surface area contributed by atoms with Gasteiger partial charge >= 0.3 is 5.97 Å². The van der Waals surface area contributed by atoms with E-state index in [-0.39, 0.29) is 16.0 Å². The number of carboxylic acid groups (broad SMARTS) is 1. The summed E-state index contributed by atoms with van der Waals surface area (Å²) < 4.78 is 12.3. The summed E-state index contributed by atoms with van der Waals surface area (Å²) in [5.74, 6) is 2.85. The SMILES string of the molecule is CC(C)(C)[Si](C)(C)Oc1ccc(N)nc1.Cc1ccc(N2CCC(CC(=O)Nc3ccc(O[Si](C)(C)C(C)(C)C)cn3)CC2)cc1.Cc1ccc(N2CCC(CC(=O)O)CC2)cc1. The normalized spacial score (nSPS) is 15.3. The summed E-state index contributed by atoms with van der Waals surface area (Å²) in [4.78, 5) is 36.3. The van der Waals surface area contributed by atoms with E-state index >= 15 is 0 Å². The Morgan fingerprint density at radius 2 is 1.05 bits per heavy atom. The van der Waals surface area contributed by atoms with Crippen molar-refractivity contribution in [2.24, 2.45) is 11.8 Å². The zero-order valence-electron chi connectivity index (χ0n) is 40.3. The summed E-state index contributed by atoms with van der Waals surface area (Å²) in [6, 6.07) is 24.6. The molecule has 0 bridgehead atoms. The lowest BCUT2D eigenvalue weighted by atomic mass is 9.93. The number of nitrogens with one attached hydrogen (secondary N) is 1. The highest BCUT2D eigenvalue weighted by Gasteiger charge is 2.40. The van der Waals surface area contributed by atoms with Crippen molar-refractivity contribution in [1.82, 2.24) is 9.97 Å². The van der Waals surface area contributed by atoms with E-state index in [4.69, 9.17) is 19.7 Å². The Labute approximate surface area is 380 Å². The van der Waals surface area contributed by atoms with E-state index in [1.54, 1.807) is 18.5 Å². The molecule has 2 saturated heterocycles. The Hall–Kier alpha value is -4.89. The average molecular weight is 897 g/mol. The number of carboxylic acids is 1. The molecule has 0 radical (unpaired) electrons. The molecular weight excluding hydrogens is 821 g/mol. The molecule has 4 N–H and O–H groups in total. The maximum Gasteiger partial charge on any atom is 0.303 e. The molecule has 2 aliphatic rings. The Morgan fingerprint density at radius 3 is 1.40 bits per heavy atom. The standard InChI is InChI=1S/C25H37N3O2Si.C14H19NO2.C11H20N2OSi/c1-19-7-9-21(10-8-19)28-15-13-20(14-16-28)17-24(29)27-23-12-11-22(18-26-23)30-31(5,6)25(2,3)4;1-11-2-4-13(5-3-11)15-8-6-12(7-9-15)10-14(16)17;1-11(2,3)15(4,5)14-9-6-7-10(12)13-8-9/h7-12,18,20H,13-17H2,1-6H3,(H,26,27,29);2-5,12H,6-10H2,1H3,(H,16,17);6-8H,1-5H3,(H2,12,13). The van der Waals surface area contributed by atoms with E-state index in [2.05, 4.69) is 155 Å². The second kappa shape index (κ2) is 22.1. The van der Waals surface area contributed by atoms with Gasteiger partial charge in [-0.2, -0.15) is 0 Å². The number of hydrogen-bond donors (Lipinski definition) is 3. The van der Waals surface area contributed by atoms with Gasteiger partial charge in [-0.25, -0.2) is 9.97 Å². The number of nitrogen functional groups attached to an aromatic ring is 1. The number of carbonyl (C=O) groups is 2. The monoisotopic (exact) mass is 897 g/mol. The molecule has 344 valence electrons. The molecule has 1 amide bonds. The molecule has 11 nitrogen and oxygen atoms in total. The number of amides is 1. The van der Waals surface area contributed by atoms with E-state index in [0.717, 1.165) is 63.4 Å². The van der Waals surface area contributed by atoms with Crippen LogP contribution in [0.1, 0.15) is 91.2 Å². The first kappa shape index (κ1) is 50.8. The van der Waals surface area contributed by atoms with Crippen molar-refractivity contribution in [1.29, 1.82) is 0 Å². The lowest BCUT2D eigenvalue weighted by Gasteiger charge is -2.36. The van der Waals surface area contributed by atoms with Gasteiger partial charge in [0.2, 0.25) is 5.91 Å². The molecule has 0 saturated carbocycles. The largest absolute Gasteiger partial charge is 0.542 e. The van der Waals surface area contributed by atoms with Crippen LogP contribution in [0.5, 0.6) is 11.5 Å². The number of benzene rings is 2. The number of rotatable bonds is 11. The highest BCUT2D eigenvalue weighted by Crippen LogP contribution is 2.38. The van der Waals surface area contributed by atoms with Gasteiger partial charge in [-0.05, 0) is 136 Å². The van der Waals surface area contributed by atoms with Crippen LogP contribution in [0.3, 0.4) is 0 Å². The Morgan fingerprint density at radius 1 is 0.651 bits per heavy atom. The van der Waals surface area contributed by atoms with Crippen molar-refractivity contribution >= 4 is 51.5 Å². The maximum atomic E-state index is 12.5. The third-order valence-electron chi connectivity index (χ3n) is 13.1. The van der Waals surface area contributed by atoms with Gasteiger partial charge in [-0.3, -0.25) is 9.59 Å².